The Morgan fingerprint density at radius 1 is 1.36 bits per heavy atom. The van der Waals surface area contributed by atoms with Crippen LogP contribution in [0.25, 0.3) is 0 Å². The van der Waals surface area contributed by atoms with E-state index in [1.165, 1.54) is 30.3 Å². The Kier molecular flexibility index (Phi) is 6.89. The molecular weight excluding hydrogens is 445 g/mol. The molecule has 1 aliphatic heterocycles. The van der Waals surface area contributed by atoms with Gasteiger partial charge in [0.05, 0.1) is 24.8 Å². The van der Waals surface area contributed by atoms with E-state index in [0.29, 0.717) is 11.1 Å². The van der Waals surface area contributed by atoms with Crippen LogP contribution < -0.4 is 10.5 Å². The molecule has 0 spiro atoms. The summed E-state index contributed by atoms with van der Waals surface area (Å²) in [4.78, 5) is 34.6. The SMILES string of the molecule is Cc1cc(C(C)N2C(=O)c3ccnc(C(N)=O)c3C2C[C@@H](O)CO)cnc1OCC(F)(F)F. The fourth-order valence-electron chi connectivity index (χ4n) is 3.90. The van der Waals surface area contributed by atoms with Gasteiger partial charge in [0, 0.05) is 35.5 Å². The third kappa shape index (κ3) is 5.06. The molecule has 3 atom stereocenters. The smallest absolute Gasteiger partial charge is 0.422 e. The molecule has 0 aromatic carbocycles. The minimum Gasteiger partial charge on any atom is -0.468 e. The number of primary amides is 1. The van der Waals surface area contributed by atoms with Gasteiger partial charge in [0.15, 0.2) is 6.61 Å². The normalized spacial score (nSPS) is 17.6. The zero-order valence-corrected chi connectivity index (χ0v) is 17.8. The van der Waals surface area contributed by atoms with Crippen LogP contribution in [0.1, 0.15) is 63.0 Å². The molecule has 3 rings (SSSR count). The predicted molar refractivity (Wildman–Crippen MR) is 108 cm³/mol. The second-order valence-electron chi connectivity index (χ2n) is 7.76. The Bertz CT molecular complexity index is 1060. The summed E-state index contributed by atoms with van der Waals surface area (Å²) >= 11 is 0. The van der Waals surface area contributed by atoms with Crippen molar-refractivity contribution in [1.29, 1.82) is 0 Å². The quantitative estimate of drug-likeness (QED) is 0.537. The van der Waals surface area contributed by atoms with E-state index in [-0.39, 0.29) is 29.1 Å². The topological polar surface area (TPSA) is 139 Å². The number of pyridine rings is 2. The molecule has 0 saturated carbocycles. The number of carbonyl (C=O) groups excluding carboxylic acids is 2. The van der Waals surface area contributed by atoms with E-state index < -0.39 is 49.4 Å². The van der Waals surface area contributed by atoms with Gasteiger partial charge in [0.2, 0.25) is 5.88 Å². The fraction of sp³-hybridized carbons (Fsp3) is 0.429. The van der Waals surface area contributed by atoms with E-state index >= 15 is 0 Å². The average Bonchev–Trinajstić information content (AvgIpc) is 3.03. The van der Waals surface area contributed by atoms with E-state index in [9.17, 15) is 33.0 Å². The van der Waals surface area contributed by atoms with Crippen LogP contribution in [0.2, 0.25) is 0 Å². The van der Waals surface area contributed by atoms with Crippen molar-refractivity contribution in [2.45, 2.75) is 44.6 Å². The van der Waals surface area contributed by atoms with Crippen molar-refractivity contribution in [3.05, 3.63) is 52.5 Å². The number of aryl methyl sites for hydroxylation is 1. The Labute approximate surface area is 187 Å². The predicted octanol–water partition coefficient (Wildman–Crippen LogP) is 1.83. The number of fused-ring (bicyclic) bond motifs is 1. The number of amides is 2. The first-order chi connectivity index (χ1) is 15.4. The van der Waals surface area contributed by atoms with Crippen molar-refractivity contribution in [2.75, 3.05) is 13.2 Å². The highest BCUT2D eigenvalue weighted by molar-refractivity contribution is 6.03. The van der Waals surface area contributed by atoms with Crippen molar-refractivity contribution in [2.24, 2.45) is 5.73 Å². The highest BCUT2D eigenvalue weighted by Gasteiger charge is 2.43. The Hall–Kier alpha value is -3.25. The largest absolute Gasteiger partial charge is 0.468 e. The summed E-state index contributed by atoms with van der Waals surface area (Å²) in [6, 6.07) is 1.49. The molecule has 0 saturated heterocycles. The number of nitrogens with zero attached hydrogens (tertiary/aromatic N) is 3. The molecule has 0 fully saturated rings. The number of hydrogen-bond donors (Lipinski definition) is 3. The number of halogens is 3. The lowest BCUT2D eigenvalue weighted by molar-refractivity contribution is -0.154. The van der Waals surface area contributed by atoms with Gasteiger partial charge < -0.3 is 25.6 Å². The van der Waals surface area contributed by atoms with Crippen LogP contribution in [0.4, 0.5) is 13.2 Å². The Balaban J connectivity index is 1.98. The Morgan fingerprint density at radius 3 is 2.64 bits per heavy atom. The summed E-state index contributed by atoms with van der Waals surface area (Å²) in [7, 11) is 0. The molecule has 2 aromatic rings. The van der Waals surface area contributed by atoms with Crippen molar-refractivity contribution in [3.8, 4) is 5.88 Å². The van der Waals surface area contributed by atoms with Gasteiger partial charge in [-0.05, 0) is 31.5 Å². The number of nitrogens with two attached hydrogens (primary N) is 1. The number of hydrogen-bond acceptors (Lipinski definition) is 7. The fourth-order valence-corrected chi connectivity index (χ4v) is 3.90. The molecule has 2 amide bonds. The summed E-state index contributed by atoms with van der Waals surface area (Å²) in [5.41, 5.74) is 6.59. The molecule has 0 radical (unpaired) electrons. The molecule has 0 bridgehead atoms. The highest BCUT2D eigenvalue weighted by Crippen LogP contribution is 2.43. The van der Waals surface area contributed by atoms with Crippen LogP contribution in [-0.2, 0) is 0 Å². The highest BCUT2D eigenvalue weighted by atomic mass is 19.4. The summed E-state index contributed by atoms with van der Waals surface area (Å²) < 4.78 is 42.1. The van der Waals surface area contributed by atoms with Gasteiger partial charge in [-0.25, -0.2) is 4.98 Å². The minimum atomic E-state index is -4.51. The zero-order valence-electron chi connectivity index (χ0n) is 17.8. The summed E-state index contributed by atoms with van der Waals surface area (Å²) in [5.74, 6) is -1.49. The molecular formula is C21H23F3N4O5. The van der Waals surface area contributed by atoms with Crippen LogP contribution >= 0.6 is 0 Å². The van der Waals surface area contributed by atoms with Crippen LogP contribution in [0.3, 0.4) is 0 Å². The first-order valence-corrected chi connectivity index (χ1v) is 10.0. The van der Waals surface area contributed by atoms with Gasteiger partial charge in [-0.3, -0.25) is 14.6 Å². The van der Waals surface area contributed by atoms with Crippen LogP contribution in [0.5, 0.6) is 5.88 Å². The molecule has 0 aliphatic carbocycles. The number of alkyl halides is 3. The third-order valence-electron chi connectivity index (χ3n) is 5.39. The maximum Gasteiger partial charge on any atom is 0.422 e. The number of aliphatic hydroxyl groups excluding tert-OH is 2. The lowest BCUT2D eigenvalue weighted by Gasteiger charge is -2.33. The van der Waals surface area contributed by atoms with Gasteiger partial charge in [-0.1, -0.05) is 0 Å². The van der Waals surface area contributed by atoms with Gasteiger partial charge in [0.25, 0.3) is 11.8 Å². The second kappa shape index (κ2) is 9.32. The van der Waals surface area contributed by atoms with E-state index in [4.69, 9.17) is 10.5 Å². The number of ether oxygens (including phenoxy) is 1. The van der Waals surface area contributed by atoms with Gasteiger partial charge in [-0.2, -0.15) is 13.2 Å². The standard InChI is InChI=1S/C21H23F3N4O5/c1-10-5-12(7-27-19(10)33-9-21(22,23)24)11(2)28-15(6-13(30)8-29)16-14(20(28)32)3-4-26-17(16)18(25)31/h3-5,7,11,13,15,29-30H,6,8-9H2,1-2H3,(H2,25,31)/t11?,13-,15?/m1/s1. The Morgan fingerprint density at radius 2 is 2.06 bits per heavy atom. The van der Waals surface area contributed by atoms with Crippen molar-refractivity contribution in [1.82, 2.24) is 14.9 Å². The van der Waals surface area contributed by atoms with Crippen molar-refractivity contribution in [3.63, 3.8) is 0 Å². The van der Waals surface area contributed by atoms with Gasteiger partial charge in [0.1, 0.15) is 5.69 Å². The number of aliphatic hydroxyl groups is 2. The first kappa shape index (κ1) is 24.4. The number of aromatic nitrogens is 2. The van der Waals surface area contributed by atoms with Gasteiger partial charge >= 0.3 is 6.18 Å². The molecule has 178 valence electrons. The molecule has 1 aliphatic rings. The maximum absolute atomic E-state index is 13.3. The first-order valence-electron chi connectivity index (χ1n) is 10.0. The van der Waals surface area contributed by atoms with Crippen LogP contribution in [0.15, 0.2) is 24.5 Å². The minimum absolute atomic E-state index is 0.0925. The van der Waals surface area contributed by atoms with E-state index in [1.54, 1.807) is 13.0 Å². The molecule has 2 aromatic heterocycles. The van der Waals surface area contributed by atoms with E-state index in [1.807, 2.05) is 0 Å². The van der Waals surface area contributed by atoms with Crippen molar-refractivity contribution >= 4 is 11.8 Å². The summed E-state index contributed by atoms with van der Waals surface area (Å²) in [6.07, 6.45) is -3.22. The average molecular weight is 468 g/mol. The van der Waals surface area contributed by atoms with Crippen LogP contribution in [-0.4, -0.2) is 62.4 Å². The van der Waals surface area contributed by atoms with Gasteiger partial charge in [-0.15, -0.1) is 0 Å². The molecule has 2 unspecified atom stereocenters. The maximum atomic E-state index is 13.3. The number of rotatable bonds is 8. The number of carbonyl (C=O) groups is 2. The second-order valence-corrected chi connectivity index (χ2v) is 7.76. The summed E-state index contributed by atoms with van der Waals surface area (Å²) in [5, 5.41) is 19.4. The molecule has 9 nitrogen and oxygen atoms in total. The van der Waals surface area contributed by atoms with E-state index in [2.05, 4.69) is 9.97 Å². The zero-order chi connectivity index (χ0) is 24.5. The van der Waals surface area contributed by atoms with Crippen molar-refractivity contribution < 1.29 is 37.7 Å². The lowest BCUT2D eigenvalue weighted by atomic mass is 9.96. The third-order valence-corrected chi connectivity index (χ3v) is 5.39. The monoisotopic (exact) mass is 468 g/mol. The molecule has 3 heterocycles. The van der Waals surface area contributed by atoms with E-state index in [0.717, 1.165) is 0 Å². The van der Waals surface area contributed by atoms with Crippen LogP contribution in [0, 0.1) is 6.92 Å². The summed E-state index contributed by atoms with van der Waals surface area (Å²) in [6.45, 7) is 1.14. The molecule has 33 heavy (non-hydrogen) atoms. The lowest BCUT2D eigenvalue weighted by Crippen LogP contribution is -2.34. The molecule has 12 heteroatoms. The molecule has 4 N–H and O–H groups in total.